The summed E-state index contributed by atoms with van der Waals surface area (Å²) in [4.78, 5) is 27.4. The number of hydrogen-bond acceptors (Lipinski definition) is 3. The van der Waals surface area contributed by atoms with Crippen molar-refractivity contribution in [3.05, 3.63) is 59.7 Å². The van der Waals surface area contributed by atoms with Crippen molar-refractivity contribution in [2.45, 2.75) is 57.3 Å². The molecule has 5 heteroatoms. The molecular weight excluding hydrogens is 388 g/mol. The van der Waals surface area contributed by atoms with Gasteiger partial charge >= 0.3 is 0 Å². The fraction of sp³-hybridized carbons (Fsp3) is 0.462. The summed E-state index contributed by atoms with van der Waals surface area (Å²) in [7, 11) is 0. The van der Waals surface area contributed by atoms with E-state index in [-0.39, 0.29) is 18.4 Å². The Morgan fingerprint density at radius 3 is 2.19 bits per heavy atom. The molecule has 5 nitrogen and oxygen atoms in total. The zero-order valence-corrected chi connectivity index (χ0v) is 18.4. The van der Waals surface area contributed by atoms with Crippen LogP contribution in [0.15, 0.2) is 48.5 Å². The molecule has 164 valence electrons. The molecule has 0 aromatic heterocycles. The molecule has 2 amide bonds. The summed E-state index contributed by atoms with van der Waals surface area (Å²) < 4.78 is 5.65. The van der Waals surface area contributed by atoms with Gasteiger partial charge in [-0.05, 0) is 62.4 Å². The van der Waals surface area contributed by atoms with E-state index in [9.17, 15) is 9.59 Å². The molecule has 0 unspecified atom stereocenters. The van der Waals surface area contributed by atoms with Gasteiger partial charge in [-0.25, -0.2) is 0 Å². The van der Waals surface area contributed by atoms with Crippen molar-refractivity contribution < 1.29 is 14.3 Å². The highest BCUT2D eigenvalue weighted by atomic mass is 16.5. The van der Waals surface area contributed by atoms with Crippen LogP contribution >= 0.6 is 0 Å². The number of nitrogens with one attached hydrogen (secondary N) is 1. The number of nitrogens with zero attached hydrogens (tertiary/aromatic N) is 1. The van der Waals surface area contributed by atoms with Gasteiger partial charge in [0.1, 0.15) is 5.75 Å². The standard InChI is InChI=1S/C26H32N2O3/c1-20-7-9-21(10-8-20)26(15-3-2-4-16-26)25(30)27-22-11-13-23(14-12-22)31-19-24(29)28-17-5-6-18-28/h7-14H,2-6,15-19H2,1H3,(H,27,30). The third-order valence-electron chi connectivity index (χ3n) is 6.68. The molecule has 1 heterocycles. The lowest BCUT2D eigenvalue weighted by molar-refractivity contribution is -0.132. The van der Waals surface area contributed by atoms with Gasteiger partial charge in [0.15, 0.2) is 6.61 Å². The number of aryl methyl sites for hydroxylation is 1. The second-order valence-corrected chi connectivity index (χ2v) is 8.86. The van der Waals surface area contributed by atoms with Crippen LogP contribution in [0.2, 0.25) is 0 Å². The first-order valence-electron chi connectivity index (χ1n) is 11.5. The average Bonchev–Trinajstić information content (AvgIpc) is 3.34. The second kappa shape index (κ2) is 9.54. The minimum absolute atomic E-state index is 0.0345. The topological polar surface area (TPSA) is 58.6 Å². The van der Waals surface area contributed by atoms with Crippen LogP contribution in [0.1, 0.15) is 56.1 Å². The van der Waals surface area contributed by atoms with Crippen LogP contribution in [0.3, 0.4) is 0 Å². The number of benzene rings is 2. The number of carbonyl (C=O) groups is 2. The third kappa shape index (κ3) is 4.92. The Morgan fingerprint density at radius 2 is 1.55 bits per heavy atom. The molecule has 31 heavy (non-hydrogen) atoms. The smallest absolute Gasteiger partial charge is 0.260 e. The van der Waals surface area contributed by atoms with Crippen molar-refractivity contribution in [3.8, 4) is 5.75 Å². The molecule has 1 N–H and O–H groups in total. The summed E-state index contributed by atoms with van der Waals surface area (Å²) in [5.74, 6) is 0.734. The fourth-order valence-corrected chi connectivity index (χ4v) is 4.76. The normalized spacial score (nSPS) is 17.9. The number of anilines is 1. The minimum atomic E-state index is -0.469. The van der Waals surface area contributed by atoms with Gasteiger partial charge in [-0.3, -0.25) is 9.59 Å². The van der Waals surface area contributed by atoms with Crippen LogP contribution in [0.4, 0.5) is 5.69 Å². The van der Waals surface area contributed by atoms with Crippen LogP contribution in [0.5, 0.6) is 5.75 Å². The van der Waals surface area contributed by atoms with Gasteiger partial charge in [-0.2, -0.15) is 0 Å². The van der Waals surface area contributed by atoms with Gasteiger partial charge in [-0.15, -0.1) is 0 Å². The predicted octanol–water partition coefficient (Wildman–Crippen LogP) is 4.84. The number of rotatable bonds is 6. The molecular formula is C26H32N2O3. The molecule has 4 rings (SSSR count). The predicted molar refractivity (Wildman–Crippen MR) is 122 cm³/mol. The highest BCUT2D eigenvalue weighted by Gasteiger charge is 2.41. The zero-order chi connectivity index (χ0) is 21.7. The van der Waals surface area contributed by atoms with Crippen LogP contribution in [-0.4, -0.2) is 36.4 Å². The van der Waals surface area contributed by atoms with E-state index in [2.05, 4.69) is 36.5 Å². The van der Waals surface area contributed by atoms with E-state index >= 15 is 0 Å². The molecule has 1 saturated carbocycles. The second-order valence-electron chi connectivity index (χ2n) is 8.86. The largest absolute Gasteiger partial charge is 0.484 e. The molecule has 2 fully saturated rings. The van der Waals surface area contributed by atoms with Crippen LogP contribution in [0.25, 0.3) is 0 Å². The first kappa shape index (κ1) is 21.4. The van der Waals surface area contributed by atoms with Gasteiger partial charge in [-0.1, -0.05) is 49.1 Å². The van der Waals surface area contributed by atoms with Crippen LogP contribution in [0, 0.1) is 6.92 Å². The molecule has 2 aliphatic rings. The van der Waals surface area contributed by atoms with Gasteiger partial charge in [0.25, 0.3) is 5.91 Å². The molecule has 1 aliphatic heterocycles. The minimum Gasteiger partial charge on any atom is -0.484 e. The molecule has 0 radical (unpaired) electrons. The zero-order valence-electron chi connectivity index (χ0n) is 18.4. The maximum atomic E-state index is 13.4. The number of likely N-dealkylation sites (tertiary alicyclic amines) is 1. The quantitative estimate of drug-likeness (QED) is 0.728. The number of hydrogen-bond donors (Lipinski definition) is 1. The van der Waals surface area contributed by atoms with E-state index in [4.69, 9.17) is 4.74 Å². The lowest BCUT2D eigenvalue weighted by Gasteiger charge is -2.36. The maximum Gasteiger partial charge on any atom is 0.260 e. The monoisotopic (exact) mass is 420 g/mol. The molecule has 2 aromatic carbocycles. The Kier molecular flexibility index (Phi) is 6.59. The fourth-order valence-electron chi connectivity index (χ4n) is 4.76. The Balaban J connectivity index is 1.40. The highest BCUT2D eigenvalue weighted by molar-refractivity contribution is 5.99. The Bertz CT molecular complexity index is 893. The summed E-state index contributed by atoms with van der Waals surface area (Å²) in [5, 5.41) is 3.13. The Morgan fingerprint density at radius 1 is 0.903 bits per heavy atom. The van der Waals surface area contributed by atoms with E-state index in [1.807, 2.05) is 29.2 Å². The van der Waals surface area contributed by atoms with Crippen LogP contribution < -0.4 is 10.1 Å². The van der Waals surface area contributed by atoms with Crippen LogP contribution in [-0.2, 0) is 15.0 Å². The maximum absolute atomic E-state index is 13.4. The highest BCUT2D eigenvalue weighted by Crippen LogP contribution is 2.40. The SMILES string of the molecule is Cc1ccc(C2(C(=O)Nc3ccc(OCC(=O)N4CCCC4)cc3)CCCCC2)cc1. The number of carbonyl (C=O) groups excluding carboxylic acids is 2. The Labute approximate surface area is 184 Å². The van der Waals surface area contributed by atoms with Crippen molar-refractivity contribution in [2.24, 2.45) is 0 Å². The summed E-state index contributed by atoms with van der Waals surface area (Å²) >= 11 is 0. The first-order chi connectivity index (χ1) is 15.1. The van der Waals surface area contributed by atoms with Gasteiger partial charge in [0.05, 0.1) is 5.41 Å². The third-order valence-corrected chi connectivity index (χ3v) is 6.68. The first-order valence-corrected chi connectivity index (χ1v) is 11.5. The van der Waals surface area contributed by atoms with E-state index in [0.29, 0.717) is 5.75 Å². The summed E-state index contributed by atoms with van der Waals surface area (Å²) in [6, 6.07) is 15.7. The molecule has 1 saturated heterocycles. The van der Waals surface area contributed by atoms with Crippen molar-refractivity contribution in [1.82, 2.24) is 4.90 Å². The summed E-state index contributed by atoms with van der Waals surface area (Å²) in [6.45, 7) is 3.79. The van der Waals surface area contributed by atoms with Gasteiger partial charge < -0.3 is 15.0 Å². The molecule has 2 aromatic rings. The van der Waals surface area contributed by atoms with Crippen molar-refractivity contribution in [1.29, 1.82) is 0 Å². The molecule has 0 atom stereocenters. The van der Waals surface area contributed by atoms with Gasteiger partial charge in [0, 0.05) is 18.8 Å². The lowest BCUT2D eigenvalue weighted by atomic mass is 9.68. The summed E-state index contributed by atoms with van der Waals surface area (Å²) in [5.41, 5.74) is 2.59. The van der Waals surface area contributed by atoms with E-state index < -0.39 is 5.41 Å². The molecule has 0 bridgehead atoms. The van der Waals surface area contributed by atoms with Gasteiger partial charge in [0.2, 0.25) is 5.91 Å². The van der Waals surface area contributed by atoms with E-state index in [1.54, 1.807) is 0 Å². The molecule has 1 aliphatic carbocycles. The van der Waals surface area contributed by atoms with E-state index in [1.165, 1.54) is 12.0 Å². The van der Waals surface area contributed by atoms with Crippen molar-refractivity contribution >= 4 is 17.5 Å². The summed E-state index contributed by atoms with van der Waals surface area (Å²) in [6.07, 6.45) is 7.22. The Hall–Kier alpha value is -2.82. The van der Waals surface area contributed by atoms with E-state index in [0.717, 1.165) is 62.9 Å². The van der Waals surface area contributed by atoms with Crippen molar-refractivity contribution in [3.63, 3.8) is 0 Å². The van der Waals surface area contributed by atoms with Crippen molar-refractivity contribution in [2.75, 3.05) is 25.0 Å². The average molecular weight is 421 g/mol. The molecule has 0 spiro atoms. The number of ether oxygens (including phenoxy) is 1. The number of amides is 2. The lowest BCUT2D eigenvalue weighted by Crippen LogP contribution is -2.42.